The first kappa shape index (κ1) is 39.0. The minimum Gasteiger partial charge on any atom is -0.491 e. The Morgan fingerprint density at radius 1 is 1.09 bits per heavy atom. The number of benzene rings is 2. The first-order valence-electron chi connectivity index (χ1n) is 14.6. The Bertz CT molecular complexity index is 1470. The fourth-order valence-electron chi connectivity index (χ4n) is 4.12. The number of hydrogen-bond acceptors (Lipinski definition) is 9. The number of halogens is 6. The number of rotatable bonds is 15. The van der Waals surface area contributed by atoms with Gasteiger partial charge in [0.05, 0.1) is 18.0 Å². The number of carbonyl (C=O) groups excluding carboxylic acids is 1. The van der Waals surface area contributed by atoms with Gasteiger partial charge in [0, 0.05) is 48.1 Å². The molecule has 0 fully saturated rings. The molecular weight excluding hydrogens is 632 g/mol. The predicted octanol–water partition coefficient (Wildman–Crippen LogP) is 5.66. The number of aldehydes is 1. The monoisotopic (exact) mass is 671 g/mol. The summed E-state index contributed by atoms with van der Waals surface area (Å²) in [4.78, 5) is 19.0. The van der Waals surface area contributed by atoms with Crippen molar-refractivity contribution in [2.75, 3.05) is 39.1 Å². The smallest absolute Gasteiger partial charge is 0.424 e. The lowest BCUT2D eigenvalue weighted by atomic mass is 9.94. The molecule has 0 unspecified atom stereocenters. The third-order valence-corrected chi connectivity index (χ3v) is 6.44. The fraction of sp³-hybridized carbons (Fsp3) is 0.406. The lowest BCUT2D eigenvalue weighted by Gasteiger charge is -2.31. The zero-order valence-corrected chi connectivity index (χ0v) is 26.2. The summed E-state index contributed by atoms with van der Waals surface area (Å²) in [5.41, 5.74) is 8.97. The van der Waals surface area contributed by atoms with E-state index in [1.54, 1.807) is 18.3 Å². The average molecular weight is 672 g/mol. The van der Waals surface area contributed by atoms with Gasteiger partial charge in [0.25, 0.3) is 6.43 Å². The van der Waals surface area contributed by atoms with E-state index in [4.69, 9.17) is 20.9 Å². The van der Waals surface area contributed by atoms with Gasteiger partial charge in [-0.3, -0.25) is 9.79 Å². The van der Waals surface area contributed by atoms with Crippen LogP contribution in [0.15, 0.2) is 47.5 Å². The van der Waals surface area contributed by atoms with Crippen LogP contribution in [0, 0.1) is 5.82 Å². The Morgan fingerprint density at radius 2 is 1.77 bits per heavy atom. The van der Waals surface area contributed by atoms with Crippen LogP contribution in [0.25, 0.3) is 11.3 Å². The number of aromatic nitrogens is 1. The second-order valence-corrected chi connectivity index (χ2v) is 10.2. The molecule has 1 heterocycles. The van der Waals surface area contributed by atoms with Crippen LogP contribution in [0.1, 0.15) is 53.9 Å². The van der Waals surface area contributed by atoms with Crippen LogP contribution in [-0.4, -0.2) is 68.5 Å². The van der Waals surface area contributed by atoms with E-state index in [-0.39, 0.29) is 29.1 Å². The molecule has 3 aromatic rings. The Morgan fingerprint density at radius 3 is 2.30 bits per heavy atom. The molecule has 0 saturated heterocycles. The van der Waals surface area contributed by atoms with Crippen LogP contribution in [0.2, 0.25) is 0 Å². The zero-order chi connectivity index (χ0) is 35.2. The summed E-state index contributed by atoms with van der Waals surface area (Å²) in [6.07, 6.45) is -3.62. The molecule has 258 valence electrons. The standard InChI is InChI=1S/C18H19F6N3O2.C14H20N2O2/c1-26-9-17(28,18(22,23)24)13-6-11(7-25)16(29-8-14(20)21)15(27-13)10-2-4-12(19)5-3-10;1-3-5-16-9-12-7-11(10-17)8-13(14(12)15)18-6-4-2/h2-6,14,26,28H,7-9,25H2,1H3;7-10H,3-6,15H2,1-2H3/t17-;/m0./s1. The van der Waals surface area contributed by atoms with Gasteiger partial charge in [-0.2, -0.15) is 13.2 Å². The summed E-state index contributed by atoms with van der Waals surface area (Å²) in [6.45, 7) is 3.04. The summed E-state index contributed by atoms with van der Waals surface area (Å²) >= 11 is 0. The molecule has 15 heteroatoms. The van der Waals surface area contributed by atoms with Crippen molar-refractivity contribution in [3.05, 3.63) is 70.7 Å². The number of likely N-dealkylation sites (N-methyl/N-ethyl adjacent to an activating group) is 1. The summed E-state index contributed by atoms with van der Waals surface area (Å²) in [5, 5.41) is 12.6. The quantitative estimate of drug-likeness (QED) is 0.0702. The molecule has 2 aromatic carbocycles. The van der Waals surface area contributed by atoms with Gasteiger partial charge in [0.2, 0.25) is 5.60 Å². The molecular formula is C32H39F6N5O4. The maximum absolute atomic E-state index is 13.6. The molecule has 1 atom stereocenters. The number of anilines is 1. The van der Waals surface area contributed by atoms with E-state index in [1.807, 2.05) is 6.92 Å². The highest BCUT2D eigenvalue weighted by Gasteiger charge is 2.56. The van der Waals surface area contributed by atoms with Crippen molar-refractivity contribution < 1.29 is 45.7 Å². The van der Waals surface area contributed by atoms with E-state index >= 15 is 0 Å². The number of aliphatic hydroxyl groups is 1. The lowest BCUT2D eigenvalue weighted by Crippen LogP contribution is -2.50. The number of nitrogen functional groups attached to an aromatic ring is 1. The van der Waals surface area contributed by atoms with Gasteiger partial charge in [-0.1, -0.05) is 13.8 Å². The molecule has 9 nitrogen and oxygen atoms in total. The van der Waals surface area contributed by atoms with Gasteiger partial charge in [-0.05, 0) is 62.4 Å². The maximum Gasteiger partial charge on any atom is 0.424 e. The number of nitrogens with zero attached hydrogens (tertiary/aromatic N) is 2. The maximum atomic E-state index is 13.6. The van der Waals surface area contributed by atoms with Crippen molar-refractivity contribution >= 4 is 18.2 Å². The van der Waals surface area contributed by atoms with Gasteiger partial charge in [0.15, 0.2) is 0 Å². The number of alkyl halides is 5. The molecule has 3 rings (SSSR count). The number of nitrogens with one attached hydrogen (secondary N) is 1. The highest BCUT2D eigenvalue weighted by molar-refractivity contribution is 5.92. The third-order valence-electron chi connectivity index (χ3n) is 6.44. The minimum atomic E-state index is -5.11. The molecule has 0 aliphatic rings. The summed E-state index contributed by atoms with van der Waals surface area (Å²) in [6, 6.07) is 8.68. The lowest BCUT2D eigenvalue weighted by molar-refractivity contribution is -0.265. The van der Waals surface area contributed by atoms with Crippen molar-refractivity contribution in [1.82, 2.24) is 10.3 Å². The van der Waals surface area contributed by atoms with E-state index in [0.717, 1.165) is 49.4 Å². The average Bonchev–Trinajstić information content (AvgIpc) is 3.03. The zero-order valence-electron chi connectivity index (χ0n) is 26.2. The van der Waals surface area contributed by atoms with Gasteiger partial charge in [0.1, 0.15) is 35.9 Å². The molecule has 0 aliphatic carbocycles. The third kappa shape index (κ3) is 10.7. The van der Waals surface area contributed by atoms with Crippen molar-refractivity contribution in [1.29, 1.82) is 0 Å². The molecule has 47 heavy (non-hydrogen) atoms. The van der Waals surface area contributed by atoms with Crippen molar-refractivity contribution in [2.24, 2.45) is 10.7 Å². The van der Waals surface area contributed by atoms with E-state index in [2.05, 4.69) is 22.2 Å². The molecule has 1 aromatic heterocycles. The Kier molecular flexibility index (Phi) is 15.1. The van der Waals surface area contributed by atoms with E-state index in [9.17, 15) is 36.2 Å². The molecule has 6 N–H and O–H groups in total. The van der Waals surface area contributed by atoms with Crippen LogP contribution < -0.4 is 26.3 Å². The topological polar surface area (TPSA) is 145 Å². The first-order valence-corrected chi connectivity index (χ1v) is 14.6. The Labute approximate surface area is 269 Å². The van der Waals surface area contributed by atoms with E-state index in [0.29, 0.717) is 23.6 Å². The molecule has 0 radical (unpaired) electrons. The van der Waals surface area contributed by atoms with Crippen molar-refractivity contribution in [3.8, 4) is 22.8 Å². The van der Waals surface area contributed by atoms with Gasteiger partial charge in [-0.25, -0.2) is 18.2 Å². The second-order valence-electron chi connectivity index (χ2n) is 10.2. The van der Waals surface area contributed by atoms with Crippen LogP contribution in [-0.2, 0) is 12.1 Å². The van der Waals surface area contributed by atoms with Crippen LogP contribution >= 0.6 is 0 Å². The molecule has 0 amide bonds. The Balaban J connectivity index is 0.000000366. The van der Waals surface area contributed by atoms with Gasteiger partial charge < -0.3 is 31.4 Å². The summed E-state index contributed by atoms with van der Waals surface area (Å²) in [5.74, 6) is -0.336. The predicted molar refractivity (Wildman–Crippen MR) is 168 cm³/mol. The van der Waals surface area contributed by atoms with Crippen LogP contribution in [0.4, 0.5) is 32.0 Å². The first-order chi connectivity index (χ1) is 22.3. The molecule has 0 bridgehead atoms. The minimum absolute atomic E-state index is 0.0752. The van der Waals surface area contributed by atoms with E-state index < -0.39 is 42.9 Å². The number of nitrogens with two attached hydrogens (primary N) is 2. The molecule has 0 aliphatic heterocycles. The normalized spacial score (nSPS) is 12.9. The number of pyridine rings is 1. The largest absolute Gasteiger partial charge is 0.491 e. The number of carbonyl (C=O) groups is 1. The number of hydrogen-bond donors (Lipinski definition) is 4. The summed E-state index contributed by atoms with van der Waals surface area (Å²) in [7, 11) is 1.21. The van der Waals surface area contributed by atoms with Crippen molar-refractivity contribution in [2.45, 2.75) is 51.4 Å². The SMILES string of the molecule is CCCN=Cc1cc(C=O)cc(OCCC)c1N.CNC[C@](O)(c1cc(CN)c(OCC(F)F)c(-c2ccc(F)cc2)n1)C(F)(F)F. The van der Waals surface area contributed by atoms with Crippen molar-refractivity contribution in [3.63, 3.8) is 0 Å². The highest BCUT2D eigenvalue weighted by atomic mass is 19.4. The van der Waals surface area contributed by atoms with Gasteiger partial charge >= 0.3 is 6.18 Å². The number of ether oxygens (including phenoxy) is 2. The second kappa shape index (κ2) is 18.2. The van der Waals surface area contributed by atoms with Gasteiger partial charge in [-0.15, -0.1) is 0 Å². The van der Waals surface area contributed by atoms with Crippen LogP contribution in [0.3, 0.4) is 0 Å². The number of aliphatic imine (C=N–C) groups is 1. The highest BCUT2D eigenvalue weighted by Crippen LogP contribution is 2.41. The Hall–Kier alpha value is -4.21. The summed E-state index contributed by atoms with van der Waals surface area (Å²) < 4.78 is 90.0. The molecule has 0 saturated carbocycles. The van der Waals surface area contributed by atoms with Crippen LogP contribution in [0.5, 0.6) is 11.5 Å². The molecule has 0 spiro atoms. The van der Waals surface area contributed by atoms with E-state index in [1.165, 1.54) is 19.2 Å². The fourth-order valence-corrected chi connectivity index (χ4v) is 4.12.